The fourth-order valence-electron chi connectivity index (χ4n) is 2.88. The van der Waals surface area contributed by atoms with Gasteiger partial charge in [-0.25, -0.2) is 4.39 Å². The average Bonchev–Trinajstić information content (AvgIpc) is 2.61. The molecule has 6 heteroatoms. The van der Waals surface area contributed by atoms with E-state index >= 15 is 0 Å². The Hall–Kier alpha value is -1.36. The van der Waals surface area contributed by atoms with E-state index in [1.807, 2.05) is 0 Å². The van der Waals surface area contributed by atoms with Gasteiger partial charge >= 0.3 is 0 Å². The Morgan fingerprint density at radius 2 is 1.76 bits per heavy atom. The van der Waals surface area contributed by atoms with Crippen molar-refractivity contribution >= 4 is 40.4 Å². The van der Waals surface area contributed by atoms with Gasteiger partial charge < -0.3 is 9.64 Å². The van der Waals surface area contributed by atoms with Gasteiger partial charge in [-0.2, -0.15) is 0 Å². The van der Waals surface area contributed by atoms with Crippen LogP contribution in [0.4, 0.5) is 4.39 Å². The van der Waals surface area contributed by atoms with Gasteiger partial charge in [-0.3, -0.25) is 0 Å². The molecule has 3 rings (SSSR count). The number of hydrogen-bond donors (Lipinski definition) is 0. The molecular formula is C19H18Cl2FNOS. The predicted molar refractivity (Wildman–Crippen MR) is 104 cm³/mol. The van der Waals surface area contributed by atoms with Crippen LogP contribution in [0.25, 0.3) is 0 Å². The highest BCUT2D eigenvalue weighted by Gasteiger charge is 2.18. The first-order valence-electron chi connectivity index (χ1n) is 8.20. The van der Waals surface area contributed by atoms with E-state index in [0.717, 1.165) is 36.5 Å². The summed E-state index contributed by atoms with van der Waals surface area (Å²) in [5.41, 5.74) is 1.53. The summed E-state index contributed by atoms with van der Waals surface area (Å²) in [6.45, 7) is 2.12. The first-order valence-corrected chi connectivity index (χ1v) is 9.36. The summed E-state index contributed by atoms with van der Waals surface area (Å²) in [5, 5.41) is 0.802. The normalized spacial score (nSPS) is 14.4. The van der Waals surface area contributed by atoms with E-state index < -0.39 is 0 Å². The Bertz CT molecular complexity index is 755. The zero-order valence-corrected chi connectivity index (χ0v) is 15.9. The summed E-state index contributed by atoms with van der Waals surface area (Å²) in [4.78, 5) is 2.95. The summed E-state index contributed by atoms with van der Waals surface area (Å²) < 4.78 is 18.9. The molecule has 2 aromatic rings. The van der Waals surface area contributed by atoms with E-state index in [0.29, 0.717) is 21.4 Å². The molecule has 0 N–H and O–H groups in total. The highest BCUT2D eigenvalue weighted by Crippen LogP contribution is 2.35. The minimum atomic E-state index is -0.305. The Morgan fingerprint density at radius 3 is 2.40 bits per heavy atom. The third kappa shape index (κ3) is 4.63. The van der Waals surface area contributed by atoms with Crippen LogP contribution in [-0.4, -0.2) is 23.0 Å². The zero-order valence-electron chi connectivity index (χ0n) is 13.6. The number of hydrogen-bond acceptors (Lipinski definition) is 2. The second-order valence-electron chi connectivity index (χ2n) is 6.04. The molecule has 0 unspecified atom stereocenters. The first kappa shape index (κ1) is 18.4. The van der Waals surface area contributed by atoms with Crippen molar-refractivity contribution in [1.29, 1.82) is 0 Å². The van der Waals surface area contributed by atoms with Gasteiger partial charge in [0, 0.05) is 18.7 Å². The van der Waals surface area contributed by atoms with Crippen molar-refractivity contribution in [3.8, 4) is 5.75 Å². The molecule has 25 heavy (non-hydrogen) atoms. The SMILES string of the molecule is Fc1cccc(COc2c(Cl)cc(C(=S)N3CCCCC3)cc2Cl)c1. The van der Waals surface area contributed by atoms with Crippen LogP contribution in [0, 0.1) is 5.82 Å². The summed E-state index contributed by atoms with van der Waals surface area (Å²) in [7, 11) is 0. The predicted octanol–water partition coefficient (Wildman–Crippen LogP) is 5.87. The lowest BCUT2D eigenvalue weighted by Gasteiger charge is -2.29. The van der Waals surface area contributed by atoms with Gasteiger partial charge in [0.25, 0.3) is 0 Å². The smallest absolute Gasteiger partial charge is 0.157 e. The van der Waals surface area contributed by atoms with Crippen molar-refractivity contribution in [1.82, 2.24) is 4.90 Å². The van der Waals surface area contributed by atoms with E-state index in [1.54, 1.807) is 24.3 Å². The van der Waals surface area contributed by atoms with Crippen LogP contribution in [0.1, 0.15) is 30.4 Å². The molecule has 1 saturated heterocycles. The third-order valence-electron chi connectivity index (χ3n) is 4.16. The fourth-order valence-corrected chi connectivity index (χ4v) is 3.78. The van der Waals surface area contributed by atoms with Crippen molar-refractivity contribution in [3.63, 3.8) is 0 Å². The maximum atomic E-state index is 13.2. The molecule has 0 atom stereocenters. The topological polar surface area (TPSA) is 12.5 Å². The Kier molecular flexibility index (Phi) is 6.15. The van der Waals surface area contributed by atoms with Crippen molar-refractivity contribution in [2.24, 2.45) is 0 Å². The largest absolute Gasteiger partial charge is 0.486 e. The summed E-state index contributed by atoms with van der Waals surface area (Å²) >= 11 is 18.3. The molecule has 2 nitrogen and oxygen atoms in total. The minimum absolute atomic E-state index is 0.188. The van der Waals surface area contributed by atoms with Crippen LogP contribution in [-0.2, 0) is 6.61 Å². The van der Waals surface area contributed by atoms with Gasteiger partial charge in [-0.1, -0.05) is 47.6 Å². The van der Waals surface area contributed by atoms with Crippen LogP contribution < -0.4 is 4.74 Å². The molecule has 1 heterocycles. The maximum Gasteiger partial charge on any atom is 0.157 e. The van der Waals surface area contributed by atoms with Crippen LogP contribution in [0.15, 0.2) is 36.4 Å². The number of likely N-dealkylation sites (tertiary alicyclic amines) is 1. The molecule has 1 fully saturated rings. The molecule has 0 bridgehead atoms. The second-order valence-corrected chi connectivity index (χ2v) is 7.24. The highest BCUT2D eigenvalue weighted by atomic mass is 35.5. The van der Waals surface area contributed by atoms with Crippen LogP contribution in [0.5, 0.6) is 5.75 Å². The summed E-state index contributed by atoms with van der Waals surface area (Å²) in [6.07, 6.45) is 3.54. The number of nitrogens with zero attached hydrogens (tertiary/aromatic N) is 1. The van der Waals surface area contributed by atoms with Gasteiger partial charge in [0.05, 0.1) is 10.0 Å². The molecular weight excluding hydrogens is 380 g/mol. The van der Waals surface area contributed by atoms with Gasteiger partial charge in [0.1, 0.15) is 17.4 Å². The molecule has 132 valence electrons. The fraction of sp³-hybridized carbons (Fsp3) is 0.316. The van der Waals surface area contributed by atoms with Crippen molar-refractivity contribution in [2.45, 2.75) is 25.9 Å². The van der Waals surface area contributed by atoms with Gasteiger partial charge in [-0.15, -0.1) is 0 Å². The lowest BCUT2D eigenvalue weighted by molar-refractivity contribution is 0.306. The lowest BCUT2D eigenvalue weighted by atomic mass is 10.1. The standard InChI is InChI=1S/C19H18Cl2FNOS/c20-16-10-14(19(25)23-7-2-1-3-8-23)11-17(21)18(16)24-12-13-5-4-6-15(22)9-13/h4-6,9-11H,1-3,7-8,12H2. The van der Waals surface area contributed by atoms with Crippen LogP contribution >= 0.6 is 35.4 Å². The molecule has 1 aliphatic rings. The monoisotopic (exact) mass is 397 g/mol. The van der Waals surface area contributed by atoms with Crippen molar-refractivity contribution < 1.29 is 9.13 Å². The number of rotatable bonds is 4. The third-order valence-corrected chi connectivity index (χ3v) is 5.22. The number of thiocarbonyl (C=S) groups is 1. The van der Waals surface area contributed by atoms with E-state index in [2.05, 4.69) is 4.90 Å². The molecule has 0 radical (unpaired) electrons. The average molecular weight is 398 g/mol. The maximum absolute atomic E-state index is 13.2. The molecule has 0 saturated carbocycles. The Labute approximate surface area is 162 Å². The minimum Gasteiger partial charge on any atom is -0.486 e. The molecule has 0 spiro atoms. The zero-order chi connectivity index (χ0) is 17.8. The van der Waals surface area contributed by atoms with Gasteiger partial charge in [0.2, 0.25) is 0 Å². The molecule has 2 aromatic carbocycles. The molecule has 1 aliphatic heterocycles. The van der Waals surface area contributed by atoms with E-state index in [1.165, 1.54) is 18.6 Å². The summed E-state index contributed by atoms with van der Waals surface area (Å²) in [6, 6.07) is 9.79. The van der Waals surface area contributed by atoms with Crippen LogP contribution in [0.2, 0.25) is 10.0 Å². The van der Waals surface area contributed by atoms with Crippen molar-refractivity contribution in [2.75, 3.05) is 13.1 Å². The van der Waals surface area contributed by atoms with E-state index in [-0.39, 0.29) is 12.4 Å². The molecule has 0 aliphatic carbocycles. The van der Waals surface area contributed by atoms with E-state index in [9.17, 15) is 4.39 Å². The van der Waals surface area contributed by atoms with Gasteiger partial charge in [0.15, 0.2) is 5.75 Å². The number of benzene rings is 2. The summed E-state index contributed by atoms with van der Waals surface area (Å²) in [5.74, 6) is 0.0818. The van der Waals surface area contributed by atoms with Crippen molar-refractivity contribution in [3.05, 3.63) is 63.4 Å². The number of piperidine rings is 1. The number of ether oxygens (including phenoxy) is 1. The first-order chi connectivity index (χ1) is 12.0. The quantitative estimate of drug-likeness (QED) is 0.598. The number of halogens is 3. The Morgan fingerprint density at radius 1 is 1.08 bits per heavy atom. The highest BCUT2D eigenvalue weighted by molar-refractivity contribution is 7.80. The molecule has 0 aromatic heterocycles. The Balaban J connectivity index is 1.74. The van der Waals surface area contributed by atoms with Gasteiger partial charge in [-0.05, 0) is 49.1 Å². The molecule has 0 amide bonds. The van der Waals surface area contributed by atoms with Crippen LogP contribution in [0.3, 0.4) is 0 Å². The van der Waals surface area contributed by atoms with E-state index in [4.69, 9.17) is 40.2 Å². The lowest BCUT2D eigenvalue weighted by Crippen LogP contribution is -2.34. The second kappa shape index (κ2) is 8.35.